The van der Waals surface area contributed by atoms with E-state index in [2.05, 4.69) is 18.6 Å². The Morgan fingerprint density at radius 2 is 1.55 bits per heavy atom. The van der Waals surface area contributed by atoms with Crippen molar-refractivity contribution >= 4 is 43.2 Å². The number of benzene rings is 3. The molecule has 0 bridgehead atoms. The van der Waals surface area contributed by atoms with Crippen molar-refractivity contribution in [2.24, 2.45) is 5.41 Å². The topological polar surface area (TPSA) is 76.4 Å². The zero-order valence-electron chi connectivity index (χ0n) is 19.5. The van der Waals surface area contributed by atoms with Crippen LogP contribution in [0.15, 0.2) is 51.8 Å². The summed E-state index contributed by atoms with van der Waals surface area (Å²) in [6.07, 6.45) is 1.10. The number of furan rings is 1. The fourth-order valence-corrected chi connectivity index (χ4v) is 6.82. The van der Waals surface area contributed by atoms with Crippen LogP contribution >= 0.6 is 0 Å². The van der Waals surface area contributed by atoms with Crippen LogP contribution in [-0.4, -0.2) is 14.2 Å². The first-order valence-electron chi connectivity index (χ1n) is 11.1. The second kappa shape index (κ2) is 7.19. The maximum absolute atomic E-state index is 13.5. The molecule has 4 aromatic rings. The summed E-state index contributed by atoms with van der Waals surface area (Å²) >= 11 is 0. The molecule has 0 radical (unpaired) electrons. The Morgan fingerprint density at radius 3 is 2.21 bits per heavy atom. The van der Waals surface area contributed by atoms with Gasteiger partial charge in [-0.15, -0.1) is 0 Å². The van der Waals surface area contributed by atoms with E-state index in [4.69, 9.17) is 4.42 Å². The summed E-state index contributed by atoms with van der Waals surface area (Å²) in [6, 6.07) is 13.0. The highest BCUT2D eigenvalue weighted by molar-refractivity contribution is 7.92. The van der Waals surface area contributed by atoms with Gasteiger partial charge in [-0.2, -0.15) is 0 Å². The number of hydrogen-bond donors (Lipinski definition) is 1. The predicted octanol–water partition coefficient (Wildman–Crippen LogP) is 6.47. The molecule has 0 fully saturated rings. The first-order chi connectivity index (χ1) is 15.5. The van der Waals surface area contributed by atoms with Gasteiger partial charge in [0, 0.05) is 29.0 Å². The van der Waals surface area contributed by atoms with Crippen LogP contribution in [0.25, 0.3) is 21.7 Å². The van der Waals surface area contributed by atoms with Gasteiger partial charge in [0.05, 0.1) is 16.1 Å². The molecule has 1 aliphatic carbocycles. The molecule has 5 nitrogen and oxygen atoms in total. The van der Waals surface area contributed by atoms with Crippen LogP contribution in [0, 0.1) is 26.2 Å². The lowest BCUT2D eigenvalue weighted by Crippen LogP contribution is -2.25. The molecule has 0 saturated carbocycles. The molecule has 0 amide bonds. The molecule has 5 rings (SSSR count). The summed E-state index contributed by atoms with van der Waals surface area (Å²) in [6.45, 7) is 9.69. The van der Waals surface area contributed by atoms with Crippen molar-refractivity contribution in [2.45, 2.75) is 52.4 Å². The molecule has 3 aromatic carbocycles. The maximum atomic E-state index is 13.5. The first kappa shape index (κ1) is 21.7. The quantitative estimate of drug-likeness (QED) is 0.379. The van der Waals surface area contributed by atoms with Gasteiger partial charge in [0.15, 0.2) is 5.78 Å². The molecule has 1 N–H and O–H groups in total. The second-order valence-corrected chi connectivity index (χ2v) is 11.6. The molecule has 0 aliphatic heterocycles. The number of sulfonamides is 1. The number of hydrogen-bond acceptors (Lipinski definition) is 4. The summed E-state index contributed by atoms with van der Waals surface area (Å²) in [5.74, 6) is 0.718. The lowest BCUT2D eigenvalue weighted by molar-refractivity contribution is 0.0906. The van der Waals surface area contributed by atoms with Gasteiger partial charge in [-0.25, -0.2) is 8.42 Å². The highest BCUT2D eigenvalue weighted by atomic mass is 32.2. The van der Waals surface area contributed by atoms with Gasteiger partial charge >= 0.3 is 0 Å². The van der Waals surface area contributed by atoms with Gasteiger partial charge in [0.25, 0.3) is 10.0 Å². The van der Waals surface area contributed by atoms with Crippen molar-refractivity contribution in [2.75, 3.05) is 4.72 Å². The van der Waals surface area contributed by atoms with Crippen LogP contribution in [0.1, 0.15) is 53.1 Å². The fraction of sp³-hybridized carbons (Fsp3) is 0.296. The van der Waals surface area contributed by atoms with E-state index in [9.17, 15) is 13.2 Å². The van der Waals surface area contributed by atoms with Crippen molar-refractivity contribution in [1.29, 1.82) is 0 Å². The number of rotatable bonds is 3. The minimum Gasteiger partial charge on any atom is -0.460 e. The normalized spacial score (nSPS) is 15.7. The number of fused-ring (bicyclic) bond motifs is 5. The highest BCUT2D eigenvalue weighted by Crippen LogP contribution is 2.43. The number of Topliss-reactive ketones (excluding diaryl/α,β-unsaturated/α-hetero) is 1. The first-order valence-corrected chi connectivity index (χ1v) is 12.6. The van der Waals surface area contributed by atoms with E-state index in [0.717, 1.165) is 16.3 Å². The van der Waals surface area contributed by atoms with Crippen LogP contribution in [0.4, 0.5) is 5.69 Å². The lowest BCUT2D eigenvalue weighted by Gasteiger charge is -2.27. The van der Waals surface area contributed by atoms with Crippen LogP contribution in [-0.2, 0) is 16.4 Å². The van der Waals surface area contributed by atoms with Crippen LogP contribution in [0.3, 0.4) is 0 Å². The molecular weight excluding hydrogens is 434 g/mol. The van der Waals surface area contributed by atoms with Gasteiger partial charge in [-0.05, 0) is 43.4 Å². The molecule has 0 unspecified atom stereocenters. The van der Waals surface area contributed by atoms with Crippen molar-refractivity contribution in [3.8, 4) is 0 Å². The van der Waals surface area contributed by atoms with Crippen molar-refractivity contribution in [3.05, 3.63) is 70.5 Å². The molecule has 1 aliphatic rings. The van der Waals surface area contributed by atoms with Gasteiger partial charge in [0.1, 0.15) is 11.3 Å². The third kappa shape index (κ3) is 3.53. The van der Waals surface area contributed by atoms with E-state index in [0.29, 0.717) is 51.9 Å². The van der Waals surface area contributed by atoms with Crippen molar-refractivity contribution in [3.63, 3.8) is 0 Å². The van der Waals surface area contributed by atoms with E-state index >= 15 is 0 Å². The zero-order chi connectivity index (χ0) is 23.7. The molecule has 1 heterocycles. The third-order valence-electron chi connectivity index (χ3n) is 6.44. The lowest BCUT2D eigenvalue weighted by atomic mass is 9.76. The van der Waals surface area contributed by atoms with E-state index < -0.39 is 10.0 Å². The molecule has 170 valence electrons. The van der Waals surface area contributed by atoms with E-state index in [1.165, 1.54) is 0 Å². The molecule has 1 aromatic heterocycles. The monoisotopic (exact) mass is 461 g/mol. The molecule has 0 saturated heterocycles. The minimum absolute atomic E-state index is 0.0364. The number of anilines is 1. The summed E-state index contributed by atoms with van der Waals surface area (Å²) in [4.78, 5) is 13.3. The number of ketones is 1. The average molecular weight is 462 g/mol. The maximum Gasteiger partial charge on any atom is 0.262 e. The largest absolute Gasteiger partial charge is 0.460 e. The standard InChI is InChI=1S/C27H27NO4S/c1-15-10-16(2)26(17(3)11-15)33(30,31)28-21-12-20-24-22(29)13-27(4,5)14-23(24)32-25(20)19-9-7-6-8-18(19)21/h6-12,28H,13-14H2,1-5H3. The van der Waals surface area contributed by atoms with Gasteiger partial charge in [-0.3, -0.25) is 9.52 Å². The Kier molecular flexibility index (Phi) is 4.73. The van der Waals surface area contributed by atoms with Gasteiger partial charge < -0.3 is 4.42 Å². The van der Waals surface area contributed by atoms with E-state index in [1.54, 1.807) is 6.07 Å². The smallest absolute Gasteiger partial charge is 0.262 e. The average Bonchev–Trinajstić information content (AvgIpc) is 3.04. The Labute approximate surface area is 193 Å². The SMILES string of the molecule is Cc1cc(C)c(S(=O)(=O)Nc2cc3c4c(oc3c3ccccc23)CC(C)(C)CC4=O)c(C)c1. The van der Waals surface area contributed by atoms with Crippen molar-refractivity contribution in [1.82, 2.24) is 0 Å². The number of aryl methyl sites for hydroxylation is 3. The predicted molar refractivity (Wildman–Crippen MR) is 132 cm³/mol. The van der Waals surface area contributed by atoms with Crippen LogP contribution < -0.4 is 4.72 Å². The van der Waals surface area contributed by atoms with Gasteiger partial charge in [0.2, 0.25) is 0 Å². The third-order valence-corrected chi connectivity index (χ3v) is 8.11. The Bertz CT molecular complexity index is 1550. The van der Waals surface area contributed by atoms with Crippen LogP contribution in [0.5, 0.6) is 0 Å². The van der Waals surface area contributed by atoms with Crippen molar-refractivity contribution < 1.29 is 17.6 Å². The molecular formula is C27H27NO4S. The minimum atomic E-state index is -3.85. The second-order valence-electron chi connectivity index (χ2n) is 10.0. The van der Waals surface area contributed by atoms with Crippen LogP contribution in [0.2, 0.25) is 0 Å². The summed E-state index contributed by atoms with van der Waals surface area (Å²) in [7, 11) is -3.85. The van der Waals surface area contributed by atoms with E-state index in [-0.39, 0.29) is 16.1 Å². The highest BCUT2D eigenvalue weighted by Gasteiger charge is 2.36. The number of carbonyl (C=O) groups is 1. The zero-order valence-corrected chi connectivity index (χ0v) is 20.3. The molecule has 0 spiro atoms. The molecule has 0 atom stereocenters. The Balaban J connectivity index is 1.74. The summed E-state index contributed by atoms with van der Waals surface area (Å²) in [5.41, 5.74) is 3.90. The molecule has 33 heavy (non-hydrogen) atoms. The summed E-state index contributed by atoms with van der Waals surface area (Å²) < 4.78 is 36.1. The molecule has 6 heteroatoms. The number of carbonyl (C=O) groups excluding carboxylic acids is 1. The summed E-state index contributed by atoms with van der Waals surface area (Å²) in [5, 5.41) is 2.18. The van der Waals surface area contributed by atoms with E-state index in [1.807, 2.05) is 57.2 Å². The van der Waals surface area contributed by atoms with Gasteiger partial charge in [-0.1, -0.05) is 55.8 Å². The number of nitrogens with one attached hydrogen (secondary N) is 1. The Morgan fingerprint density at radius 1 is 0.909 bits per heavy atom. The Hall–Kier alpha value is -3.12. The fourth-order valence-electron chi connectivity index (χ4n) is 5.29.